The van der Waals surface area contributed by atoms with Crippen molar-refractivity contribution in [2.75, 3.05) is 25.4 Å². The molecule has 4 nitrogen and oxygen atoms in total. The molecule has 3 rings (SSSR count). The predicted octanol–water partition coefficient (Wildman–Crippen LogP) is 2.96. The Hall–Kier alpha value is -1.20. The molecule has 0 saturated carbocycles. The summed E-state index contributed by atoms with van der Waals surface area (Å²) >= 11 is 1.96. The van der Waals surface area contributed by atoms with Crippen molar-refractivity contribution in [1.29, 1.82) is 0 Å². The molecule has 2 atom stereocenters. The van der Waals surface area contributed by atoms with Crippen LogP contribution in [-0.4, -0.2) is 46.7 Å². The van der Waals surface area contributed by atoms with E-state index >= 15 is 0 Å². The lowest BCUT2D eigenvalue weighted by Gasteiger charge is -2.30. The van der Waals surface area contributed by atoms with Gasteiger partial charge in [-0.15, -0.1) is 0 Å². The Bertz CT molecular complexity index is 532. The fourth-order valence-electron chi connectivity index (χ4n) is 3.61. The lowest BCUT2D eigenvalue weighted by Crippen LogP contribution is -2.44. The Balaban J connectivity index is 1.66. The molecule has 2 unspecified atom stereocenters. The van der Waals surface area contributed by atoms with E-state index in [-0.39, 0.29) is 18.7 Å². The van der Waals surface area contributed by atoms with Crippen LogP contribution in [0.5, 0.6) is 0 Å². The van der Waals surface area contributed by atoms with Gasteiger partial charge in [0.05, 0.1) is 6.04 Å². The number of hydrogen-bond donors (Lipinski definition) is 2. The van der Waals surface area contributed by atoms with Crippen LogP contribution in [0, 0.1) is 0 Å². The first-order valence-electron chi connectivity index (χ1n) is 8.64. The molecule has 2 aliphatic rings. The predicted molar refractivity (Wildman–Crippen MR) is 94.8 cm³/mol. The van der Waals surface area contributed by atoms with E-state index < -0.39 is 0 Å². The molecule has 1 aliphatic heterocycles. The normalized spacial score (nSPS) is 22.8. The molecule has 0 bridgehead atoms. The smallest absolute Gasteiger partial charge is 0.317 e. The molecule has 1 fully saturated rings. The van der Waals surface area contributed by atoms with Crippen LogP contribution in [0.2, 0.25) is 0 Å². The van der Waals surface area contributed by atoms with Gasteiger partial charge in [0, 0.05) is 24.9 Å². The van der Waals surface area contributed by atoms with Crippen molar-refractivity contribution in [2.24, 2.45) is 0 Å². The van der Waals surface area contributed by atoms with Crippen LogP contribution in [0.15, 0.2) is 24.3 Å². The SMILES string of the molecule is O=C(NCC1CCCS1)N(CCCO)C1CCc2ccccc21. The molecule has 1 aromatic carbocycles. The summed E-state index contributed by atoms with van der Waals surface area (Å²) < 4.78 is 0. The maximum atomic E-state index is 12.7. The number of nitrogens with zero attached hydrogens (tertiary/aromatic N) is 1. The molecule has 0 radical (unpaired) electrons. The van der Waals surface area contributed by atoms with Crippen molar-refractivity contribution in [3.8, 4) is 0 Å². The van der Waals surface area contributed by atoms with Gasteiger partial charge in [0.1, 0.15) is 0 Å². The number of aryl methyl sites for hydroxylation is 1. The van der Waals surface area contributed by atoms with E-state index in [2.05, 4.69) is 29.6 Å². The van der Waals surface area contributed by atoms with Gasteiger partial charge in [-0.05, 0) is 49.0 Å². The number of nitrogens with one attached hydrogen (secondary N) is 1. The number of aliphatic hydroxyl groups excluding tert-OH is 1. The number of urea groups is 1. The van der Waals surface area contributed by atoms with E-state index in [1.165, 1.54) is 29.7 Å². The maximum absolute atomic E-state index is 12.7. The van der Waals surface area contributed by atoms with Crippen LogP contribution in [0.25, 0.3) is 0 Å². The van der Waals surface area contributed by atoms with E-state index in [4.69, 9.17) is 0 Å². The molecule has 2 N–H and O–H groups in total. The first-order valence-corrected chi connectivity index (χ1v) is 9.69. The van der Waals surface area contributed by atoms with E-state index in [0.717, 1.165) is 19.4 Å². The van der Waals surface area contributed by atoms with Gasteiger partial charge in [-0.1, -0.05) is 24.3 Å². The summed E-state index contributed by atoms with van der Waals surface area (Å²) in [5, 5.41) is 12.9. The molecule has 1 heterocycles. The molecule has 5 heteroatoms. The van der Waals surface area contributed by atoms with Crippen molar-refractivity contribution in [3.63, 3.8) is 0 Å². The molecule has 126 valence electrons. The van der Waals surface area contributed by atoms with Crippen molar-refractivity contribution in [1.82, 2.24) is 10.2 Å². The zero-order chi connectivity index (χ0) is 16.1. The Morgan fingerprint density at radius 3 is 3.00 bits per heavy atom. The second-order valence-corrected chi connectivity index (χ2v) is 7.75. The molecule has 0 spiro atoms. The third-order valence-electron chi connectivity index (χ3n) is 4.80. The van der Waals surface area contributed by atoms with Crippen molar-refractivity contribution in [2.45, 2.75) is 43.4 Å². The maximum Gasteiger partial charge on any atom is 0.317 e. The van der Waals surface area contributed by atoms with E-state index in [1.54, 1.807) is 0 Å². The highest BCUT2D eigenvalue weighted by Crippen LogP contribution is 2.35. The summed E-state index contributed by atoms with van der Waals surface area (Å²) in [5.41, 5.74) is 2.63. The zero-order valence-corrected chi connectivity index (χ0v) is 14.4. The zero-order valence-electron chi connectivity index (χ0n) is 13.5. The number of fused-ring (bicyclic) bond motifs is 1. The second-order valence-electron chi connectivity index (χ2n) is 6.34. The standard InChI is InChI=1S/C18H26N2O2S/c21-11-4-10-20(18(22)19-13-15-6-3-12-23-15)17-9-8-14-5-1-2-7-16(14)17/h1-2,5,7,15,17,21H,3-4,6,8-13H2,(H,19,22). The number of hydrogen-bond acceptors (Lipinski definition) is 3. The summed E-state index contributed by atoms with van der Waals surface area (Å²) in [6.45, 7) is 1.49. The van der Waals surface area contributed by atoms with E-state index in [1.807, 2.05) is 16.7 Å². The van der Waals surface area contributed by atoms with Crippen LogP contribution in [0.3, 0.4) is 0 Å². The molecule has 1 aromatic rings. The van der Waals surface area contributed by atoms with Crippen molar-refractivity contribution in [3.05, 3.63) is 35.4 Å². The Labute approximate surface area is 142 Å². The van der Waals surface area contributed by atoms with Gasteiger partial charge >= 0.3 is 6.03 Å². The Morgan fingerprint density at radius 2 is 2.22 bits per heavy atom. The van der Waals surface area contributed by atoms with Gasteiger partial charge in [-0.3, -0.25) is 0 Å². The summed E-state index contributed by atoms with van der Waals surface area (Å²) in [7, 11) is 0. The largest absolute Gasteiger partial charge is 0.396 e. The summed E-state index contributed by atoms with van der Waals surface area (Å²) in [6, 6.07) is 8.58. The summed E-state index contributed by atoms with van der Waals surface area (Å²) in [4.78, 5) is 14.7. The first kappa shape index (κ1) is 16.7. The average Bonchev–Trinajstić information content (AvgIpc) is 3.23. The minimum Gasteiger partial charge on any atom is -0.396 e. The average molecular weight is 334 g/mol. The molecular formula is C18H26N2O2S. The van der Waals surface area contributed by atoms with Crippen LogP contribution >= 0.6 is 11.8 Å². The minimum absolute atomic E-state index is 0.0210. The number of carbonyl (C=O) groups is 1. The highest BCUT2D eigenvalue weighted by molar-refractivity contribution is 8.00. The molecule has 1 aliphatic carbocycles. The monoisotopic (exact) mass is 334 g/mol. The number of thioether (sulfide) groups is 1. The quantitative estimate of drug-likeness (QED) is 0.841. The minimum atomic E-state index is 0.0210. The van der Waals surface area contributed by atoms with Gasteiger partial charge in [0.2, 0.25) is 0 Å². The lowest BCUT2D eigenvalue weighted by molar-refractivity contribution is 0.165. The third-order valence-corrected chi connectivity index (χ3v) is 6.20. The van der Waals surface area contributed by atoms with Crippen molar-refractivity contribution < 1.29 is 9.90 Å². The molecule has 0 aromatic heterocycles. The Morgan fingerprint density at radius 1 is 1.35 bits per heavy atom. The molecule has 1 saturated heterocycles. The van der Waals surface area contributed by atoms with Gasteiger partial charge in [-0.25, -0.2) is 4.79 Å². The highest BCUT2D eigenvalue weighted by atomic mass is 32.2. The Kier molecular flexibility index (Phi) is 5.84. The second kappa shape index (κ2) is 8.06. The molecule has 23 heavy (non-hydrogen) atoms. The van der Waals surface area contributed by atoms with Gasteiger partial charge in [0.25, 0.3) is 0 Å². The first-order chi connectivity index (χ1) is 11.3. The number of carbonyl (C=O) groups excluding carboxylic acids is 1. The summed E-state index contributed by atoms with van der Waals surface area (Å²) in [6.07, 6.45) is 5.10. The van der Waals surface area contributed by atoms with Gasteiger partial charge in [0.15, 0.2) is 0 Å². The van der Waals surface area contributed by atoms with Gasteiger partial charge < -0.3 is 15.3 Å². The molecular weight excluding hydrogens is 308 g/mol. The van der Waals surface area contributed by atoms with Gasteiger partial charge in [-0.2, -0.15) is 11.8 Å². The van der Waals surface area contributed by atoms with Crippen LogP contribution < -0.4 is 5.32 Å². The number of rotatable bonds is 6. The van der Waals surface area contributed by atoms with Crippen molar-refractivity contribution >= 4 is 17.8 Å². The number of amides is 2. The number of benzene rings is 1. The lowest BCUT2D eigenvalue weighted by atomic mass is 10.1. The third kappa shape index (κ3) is 4.01. The van der Waals surface area contributed by atoms with Crippen LogP contribution in [0.1, 0.15) is 42.9 Å². The fraction of sp³-hybridized carbons (Fsp3) is 0.611. The fourth-order valence-corrected chi connectivity index (χ4v) is 4.81. The topological polar surface area (TPSA) is 52.6 Å². The van der Waals surface area contributed by atoms with E-state index in [0.29, 0.717) is 18.2 Å². The number of aliphatic hydroxyl groups is 1. The van der Waals surface area contributed by atoms with Crippen LogP contribution in [0.4, 0.5) is 4.79 Å². The van der Waals surface area contributed by atoms with E-state index in [9.17, 15) is 9.90 Å². The molecule has 2 amide bonds. The van der Waals surface area contributed by atoms with Crippen LogP contribution in [-0.2, 0) is 6.42 Å². The summed E-state index contributed by atoms with van der Waals surface area (Å²) in [5.74, 6) is 1.21. The highest BCUT2D eigenvalue weighted by Gasteiger charge is 2.30.